The highest BCUT2D eigenvalue weighted by Gasteiger charge is 2.37. The monoisotopic (exact) mass is 359 g/mol. The molecule has 1 aromatic rings. The van der Waals surface area contributed by atoms with E-state index in [9.17, 15) is 9.59 Å². The minimum absolute atomic E-state index is 0.126. The van der Waals surface area contributed by atoms with Gasteiger partial charge in [-0.15, -0.1) is 0 Å². The molecule has 2 N–H and O–H groups in total. The van der Waals surface area contributed by atoms with Gasteiger partial charge in [-0.05, 0) is 31.4 Å². The topological polar surface area (TPSA) is 67.9 Å². The molecular formula is C19H29N5O2. The fourth-order valence-electron chi connectivity index (χ4n) is 3.66. The minimum Gasteiger partial charge on any atom is -0.373 e. The van der Waals surface area contributed by atoms with Crippen molar-refractivity contribution in [3.63, 3.8) is 0 Å². The Morgan fingerprint density at radius 3 is 2.73 bits per heavy atom. The van der Waals surface area contributed by atoms with Crippen LogP contribution in [0.2, 0.25) is 0 Å². The number of piperidine rings is 1. The van der Waals surface area contributed by atoms with E-state index in [1.165, 1.54) is 6.42 Å². The van der Waals surface area contributed by atoms with Crippen LogP contribution in [0.25, 0.3) is 0 Å². The first-order chi connectivity index (χ1) is 12.6. The molecule has 7 heteroatoms. The molecule has 2 fully saturated rings. The van der Waals surface area contributed by atoms with E-state index in [4.69, 9.17) is 0 Å². The first-order valence-corrected chi connectivity index (χ1v) is 9.48. The molecule has 1 aromatic carbocycles. The highest BCUT2D eigenvalue weighted by Crippen LogP contribution is 2.24. The molecule has 2 saturated heterocycles. The summed E-state index contributed by atoms with van der Waals surface area (Å²) in [6.07, 6.45) is 3.42. The van der Waals surface area contributed by atoms with Crippen molar-refractivity contribution in [1.29, 1.82) is 0 Å². The molecule has 1 unspecified atom stereocenters. The van der Waals surface area contributed by atoms with E-state index in [2.05, 4.69) is 15.5 Å². The molecule has 26 heavy (non-hydrogen) atoms. The molecule has 2 aliphatic rings. The lowest BCUT2D eigenvalue weighted by atomic mass is 10.0. The summed E-state index contributed by atoms with van der Waals surface area (Å²) in [5, 5.41) is 5.71. The Balaban J connectivity index is 1.30. The number of amides is 4. The summed E-state index contributed by atoms with van der Waals surface area (Å²) in [6.45, 7) is 4.02. The number of carbonyl (C=O) groups is 2. The molecule has 1 atom stereocenters. The van der Waals surface area contributed by atoms with Crippen molar-refractivity contribution in [2.75, 3.05) is 51.2 Å². The predicted octanol–water partition coefficient (Wildman–Crippen LogP) is 1.71. The molecule has 0 bridgehead atoms. The fourth-order valence-corrected chi connectivity index (χ4v) is 3.66. The Hall–Kier alpha value is -2.44. The van der Waals surface area contributed by atoms with E-state index in [0.717, 1.165) is 38.2 Å². The molecule has 3 rings (SSSR count). The van der Waals surface area contributed by atoms with Crippen LogP contribution in [0.3, 0.4) is 0 Å². The number of nitrogens with one attached hydrogen (secondary N) is 2. The van der Waals surface area contributed by atoms with Gasteiger partial charge in [-0.1, -0.05) is 18.2 Å². The van der Waals surface area contributed by atoms with Gasteiger partial charge < -0.3 is 25.3 Å². The van der Waals surface area contributed by atoms with E-state index < -0.39 is 0 Å². The maximum absolute atomic E-state index is 12.3. The molecule has 0 aliphatic carbocycles. The van der Waals surface area contributed by atoms with Crippen LogP contribution >= 0.6 is 0 Å². The van der Waals surface area contributed by atoms with Gasteiger partial charge in [0.2, 0.25) is 0 Å². The predicted molar refractivity (Wildman–Crippen MR) is 102 cm³/mol. The number of likely N-dealkylation sites (N-methyl/N-ethyl adjacent to an activating group) is 1. The second-order valence-corrected chi connectivity index (χ2v) is 7.01. The van der Waals surface area contributed by atoms with Crippen LogP contribution in [-0.2, 0) is 0 Å². The molecule has 0 spiro atoms. The van der Waals surface area contributed by atoms with Gasteiger partial charge in [0.15, 0.2) is 0 Å². The largest absolute Gasteiger partial charge is 0.373 e. The van der Waals surface area contributed by atoms with Gasteiger partial charge in [0, 0.05) is 52.0 Å². The standard InChI is InChI=1S/C19H29N5O2/c1-22(16-7-3-2-4-8-16)13-10-20-18(25)21-11-14-23-15-17-9-5-6-12-24(17)19(23)26/h2-4,7-8,17H,5-6,9-15H2,1H3,(H2,20,21,25). The van der Waals surface area contributed by atoms with Crippen molar-refractivity contribution in [3.8, 4) is 0 Å². The van der Waals surface area contributed by atoms with Crippen LogP contribution in [0, 0.1) is 0 Å². The maximum atomic E-state index is 12.3. The highest BCUT2D eigenvalue weighted by molar-refractivity contribution is 5.77. The van der Waals surface area contributed by atoms with E-state index in [-0.39, 0.29) is 12.1 Å². The summed E-state index contributed by atoms with van der Waals surface area (Å²) >= 11 is 0. The molecule has 7 nitrogen and oxygen atoms in total. The van der Waals surface area contributed by atoms with Crippen molar-refractivity contribution in [1.82, 2.24) is 20.4 Å². The van der Waals surface area contributed by atoms with E-state index >= 15 is 0 Å². The van der Waals surface area contributed by atoms with Gasteiger partial charge in [-0.25, -0.2) is 9.59 Å². The van der Waals surface area contributed by atoms with Crippen molar-refractivity contribution in [2.24, 2.45) is 0 Å². The lowest BCUT2D eigenvalue weighted by molar-refractivity contribution is 0.175. The van der Waals surface area contributed by atoms with Crippen molar-refractivity contribution < 1.29 is 9.59 Å². The van der Waals surface area contributed by atoms with Crippen LogP contribution in [0.1, 0.15) is 19.3 Å². The molecule has 0 saturated carbocycles. The van der Waals surface area contributed by atoms with Crippen molar-refractivity contribution in [2.45, 2.75) is 25.3 Å². The fraction of sp³-hybridized carbons (Fsp3) is 0.579. The van der Waals surface area contributed by atoms with Gasteiger partial charge in [-0.2, -0.15) is 0 Å². The zero-order valence-corrected chi connectivity index (χ0v) is 15.5. The zero-order chi connectivity index (χ0) is 18.4. The smallest absolute Gasteiger partial charge is 0.320 e. The first-order valence-electron chi connectivity index (χ1n) is 9.48. The Bertz CT molecular complexity index is 609. The van der Waals surface area contributed by atoms with E-state index in [1.54, 1.807) is 0 Å². The summed E-state index contributed by atoms with van der Waals surface area (Å²) < 4.78 is 0. The zero-order valence-electron chi connectivity index (χ0n) is 15.5. The summed E-state index contributed by atoms with van der Waals surface area (Å²) in [7, 11) is 2.00. The van der Waals surface area contributed by atoms with Gasteiger partial charge in [0.25, 0.3) is 0 Å². The van der Waals surface area contributed by atoms with Crippen molar-refractivity contribution >= 4 is 17.7 Å². The third-order valence-electron chi connectivity index (χ3n) is 5.17. The summed E-state index contributed by atoms with van der Waals surface area (Å²) in [5.41, 5.74) is 1.12. The lowest BCUT2D eigenvalue weighted by Crippen LogP contribution is -2.43. The number of hydrogen-bond donors (Lipinski definition) is 2. The van der Waals surface area contributed by atoms with Crippen LogP contribution in [-0.4, -0.2) is 74.2 Å². The van der Waals surface area contributed by atoms with Gasteiger partial charge in [-0.3, -0.25) is 0 Å². The minimum atomic E-state index is -0.184. The number of carbonyl (C=O) groups excluding carboxylic acids is 2. The molecule has 2 heterocycles. The highest BCUT2D eigenvalue weighted by atomic mass is 16.2. The average Bonchev–Trinajstić information content (AvgIpc) is 2.98. The molecule has 0 radical (unpaired) electrons. The van der Waals surface area contributed by atoms with Gasteiger partial charge in [0.05, 0.1) is 6.04 Å². The SMILES string of the molecule is CN(CCNC(=O)NCCN1CC2CCCCN2C1=O)c1ccccc1. The Morgan fingerprint density at radius 1 is 1.19 bits per heavy atom. The number of benzene rings is 1. The van der Waals surface area contributed by atoms with Crippen LogP contribution < -0.4 is 15.5 Å². The number of para-hydroxylation sites is 1. The Labute approximate surface area is 155 Å². The lowest BCUT2D eigenvalue weighted by Gasteiger charge is -2.27. The van der Waals surface area contributed by atoms with Crippen LogP contribution in [0.15, 0.2) is 30.3 Å². The number of urea groups is 2. The number of fused-ring (bicyclic) bond motifs is 1. The van der Waals surface area contributed by atoms with Gasteiger partial charge >= 0.3 is 12.1 Å². The Morgan fingerprint density at radius 2 is 1.96 bits per heavy atom. The summed E-state index contributed by atoms with van der Waals surface area (Å²) in [6, 6.07) is 10.4. The maximum Gasteiger partial charge on any atom is 0.320 e. The molecule has 142 valence electrons. The Kier molecular flexibility index (Phi) is 6.20. The molecule has 0 aromatic heterocycles. The van der Waals surface area contributed by atoms with Gasteiger partial charge in [0.1, 0.15) is 0 Å². The van der Waals surface area contributed by atoms with Crippen molar-refractivity contribution in [3.05, 3.63) is 30.3 Å². The number of anilines is 1. The third kappa shape index (κ3) is 4.59. The van der Waals surface area contributed by atoms with E-state index in [0.29, 0.717) is 25.7 Å². The normalized spacial score (nSPS) is 19.3. The number of nitrogens with zero attached hydrogens (tertiary/aromatic N) is 3. The van der Waals surface area contributed by atoms with E-state index in [1.807, 2.05) is 47.2 Å². The second-order valence-electron chi connectivity index (χ2n) is 7.01. The number of rotatable bonds is 7. The first kappa shape index (κ1) is 18.4. The second kappa shape index (κ2) is 8.78. The van der Waals surface area contributed by atoms with Crippen LogP contribution in [0.5, 0.6) is 0 Å². The quantitative estimate of drug-likeness (QED) is 0.779. The molecule has 4 amide bonds. The third-order valence-corrected chi connectivity index (χ3v) is 5.17. The number of hydrogen-bond acceptors (Lipinski definition) is 3. The molecule has 2 aliphatic heterocycles. The average molecular weight is 359 g/mol. The summed E-state index contributed by atoms with van der Waals surface area (Å²) in [5.74, 6) is 0. The summed E-state index contributed by atoms with van der Waals surface area (Å²) in [4.78, 5) is 30.2. The van der Waals surface area contributed by atoms with Crippen LogP contribution in [0.4, 0.5) is 15.3 Å². The molecular weight excluding hydrogens is 330 g/mol.